The summed E-state index contributed by atoms with van der Waals surface area (Å²) in [4.78, 5) is 19.9. The number of carbonyl (C=O) groups is 1. The summed E-state index contributed by atoms with van der Waals surface area (Å²) in [6, 6.07) is 39.2. The number of nitrogens with zero attached hydrogens (tertiary/aromatic N) is 1. The van der Waals surface area contributed by atoms with Crippen LogP contribution in [0, 0.1) is 30.2 Å². The third-order valence-electron chi connectivity index (χ3n) is 12.3. The average molecular weight is 1060 g/mol. The maximum Gasteiger partial charge on any atom is 0.394 e. The van der Waals surface area contributed by atoms with Crippen LogP contribution in [0.5, 0.6) is 0 Å². The third-order valence-corrected chi connectivity index (χ3v) is 14.8. The average Bonchev–Trinajstić information content (AvgIpc) is 3.85. The Balaban J connectivity index is 0.000000356. The van der Waals surface area contributed by atoms with E-state index >= 15 is 0 Å². The quantitative estimate of drug-likeness (QED) is 0.0798. The molecule has 1 radical (unpaired) electrons. The van der Waals surface area contributed by atoms with Crippen LogP contribution in [0.25, 0.3) is 74.9 Å². The van der Waals surface area contributed by atoms with Crippen LogP contribution in [0.15, 0.2) is 121 Å². The van der Waals surface area contributed by atoms with Crippen LogP contribution in [-0.2, 0) is 31.3 Å². The number of thiophene rings is 2. The number of hydrogen-bond donors (Lipinski definition) is 1. The number of halogens is 3. The van der Waals surface area contributed by atoms with Crippen molar-refractivity contribution in [3.8, 4) is 64.8 Å². The van der Waals surface area contributed by atoms with Crippen LogP contribution in [0.2, 0.25) is 0 Å². The molecule has 63 heavy (non-hydrogen) atoms. The molecule has 0 aliphatic heterocycles. The Morgan fingerprint density at radius 3 is 1.76 bits per heavy atom. The summed E-state index contributed by atoms with van der Waals surface area (Å²) in [5, 5.41) is 10.9. The van der Waals surface area contributed by atoms with Crippen LogP contribution >= 0.6 is 22.7 Å². The first-order chi connectivity index (χ1) is 29.7. The van der Waals surface area contributed by atoms with Gasteiger partial charge in [0.25, 0.3) is 0 Å². The van der Waals surface area contributed by atoms with E-state index in [1.165, 1.54) is 52.6 Å². The Bertz CT molecular complexity index is 2650. The van der Waals surface area contributed by atoms with Crippen molar-refractivity contribution in [1.29, 1.82) is 0 Å². The molecular weight excluding hydrogens is 1010 g/mol. The summed E-state index contributed by atoms with van der Waals surface area (Å²) >= 11 is 3.40. The van der Waals surface area contributed by atoms with Crippen molar-refractivity contribution in [2.75, 3.05) is 0 Å². The summed E-state index contributed by atoms with van der Waals surface area (Å²) in [6.45, 7) is 12.7. The first-order valence-corrected chi connectivity index (χ1v) is 23.2. The number of pyridine rings is 1. The number of fused-ring (bicyclic) bond motifs is 9. The standard InChI is InChI=1S/C41H29F3NS2.C13H24O2.Ir/c1-24-27-20-21-45-36(39(27)47-37(24)26-18-16-25(17-19-26)23-40(2,3)41(42,43)44)35-22-34-32-14-7-6-12-30(32)28-10-4-5-11-29(28)31-13-8-9-15-33(31)38(34)46-35;1-5-10(6-2)12(14)9-13(15)11(7-3)8-4;/h4-21H,23H2,1-3H3;9-11,14H,5-8H2,1-4H3;/q-1;;/b;12-9-;. The normalized spacial score (nSPS) is 12.3. The first-order valence-electron chi connectivity index (χ1n) is 21.5. The second-order valence-electron chi connectivity index (χ2n) is 16.7. The fourth-order valence-electron chi connectivity index (χ4n) is 8.39. The van der Waals surface area contributed by atoms with Crippen molar-refractivity contribution in [1.82, 2.24) is 4.98 Å². The van der Waals surface area contributed by atoms with Crippen LogP contribution in [0.3, 0.4) is 0 Å². The molecule has 9 heteroatoms. The summed E-state index contributed by atoms with van der Waals surface area (Å²) in [5.74, 6) is 0.547. The van der Waals surface area contributed by atoms with Gasteiger partial charge in [-0.05, 0) is 99.2 Å². The monoisotopic (exact) mass is 1060 g/mol. The molecule has 1 aliphatic carbocycles. The summed E-state index contributed by atoms with van der Waals surface area (Å²) < 4.78 is 41.7. The predicted molar refractivity (Wildman–Crippen MR) is 255 cm³/mol. The Morgan fingerprint density at radius 1 is 0.714 bits per heavy atom. The van der Waals surface area contributed by atoms with Crippen molar-refractivity contribution in [2.24, 2.45) is 17.3 Å². The summed E-state index contributed by atoms with van der Waals surface area (Å²) in [7, 11) is 0. The minimum absolute atomic E-state index is 0. The number of ketones is 1. The topological polar surface area (TPSA) is 50.2 Å². The molecule has 0 saturated carbocycles. The van der Waals surface area contributed by atoms with E-state index in [2.05, 4.69) is 91.9 Å². The molecule has 0 spiro atoms. The van der Waals surface area contributed by atoms with Gasteiger partial charge >= 0.3 is 6.18 Å². The van der Waals surface area contributed by atoms with Gasteiger partial charge in [-0.25, -0.2) is 11.3 Å². The van der Waals surface area contributed by atoms with Crippen LogP contribution in [0.4, 0.5) is 13.2 Å². The molecule has 0 saturated heterocycles. The number of aliphatic hydroxyl groups is 1. The molecule has 1 N–H and O–H groups in total. The molecule has 7 aromatic rings. The molecule has 8 rings (SSSR count). The zero-order valence-electron chi connectivity index (χ0n) is 36.7. The SMILES string of the molecule is CCC(CC)C(=O)/C=C(\O)C(CC)CC.Cc1c(-c2ccc(CC(C)(C)C(F)(F)F)cc2)sc2c(-c3[c-]c4c(s3)-c3ccccc3-c3ccccc3-c3ccccc3-4)nccc12.[Ir]. The molecule has 0 unspecified atom stereocenters. The van der Waals surface area contributed by atoms with Gasteiger partial charge in [-0.15, -0.1) is 23.0 Å². The largest absolute Gasteiger partial charge is 0.512 e. The number of alkyl halides is 3. The Kier molecular flexibility index (Phi) is 15.2. The maximum absolute atomic E-state index is 13.5. The van der Waals surface area contributed by atoms with E-state index in [1.807, 2.05) is 58.2 Å². The third kappa shape index (κ3) is 9.73. The zero-order chi connectivity index (χ0) is 44.3. The molecular formula is C54H53F3IrNO2S2-. The van der Waals surface area contributed by atoms with E-state index < -0.39 is 11.6 Å². The Labute approximate surface area is 391 Å². The van der Waals surface area contributed by atoms with E-state index in [0.29, 0.717) is 5.56 Å². The number of carbonyl (C=O) groups excluding carboxylic acids is 1. The molecule has 0 fully saturated rings. The summed E-state index contributed by atoms with van der Waals surface area (Å²) in [6.07, 6.45) is 2.45. The fourth-order valence-corrected chi connectivity index (χ4v) is 10.9. The molecule has 4 aromatic carbocycles. The second kappa shape index (κ2) is 20.0. The minimum Gasteiger partial charge on any atom is -0.512 e. The van der Waals surface area contributed by atoms with Gasteiger partial charge in [0.15, 0.2) is 5.78 Å². The van der Waals surface area contributed by atoms with E-state index in [0.717, 1.165) is 73.5 Å². The van der Waals surface area contributed by atoms with Crippen molar-refractivity contribution < 1.29 is 43.2 Å². The number of aromatic nitrogens is 1. The molecule has 1 aliphatic rings. The Hall–Kier alpha value is -4.66. The van der Waals surface area contributed by atoms with E-state index in [4.69, 9.17) is 4.98 Å². The molecule has 3 heterocycles. The van der Waals surface area contributed by atoms with Gasteiger partial charge in [0, 0.05) is 59.5 Å². The van der Waals surface area contributed by atoms with Crippen LogP contribution in [-0.4, -0.2) is 22.1 Å². The predicted octanol–water partition coefficient (Wildman–Crippen LogP) is 16.8. The molecule has 3 nitrogen and oxygen atoms in total. The molecule has 0 atom stereocenters. The number of aryl methyl sites for hydroxylation is 1. The van der Waals surface area contributed by atoms with E-state index in [-0.39, 0.29) is 49.9 Å². The molecule has 3 aromatic heterocycles. The first kappa shape index (κ1) is 47.8. The number of benzene rings is 4. The van der Waals surface area contributed by atoms with Gasteiger partial charge in [-0.1, -0.05) is 150 Å². The maximum atomic E-state index is 13.5. The Morgan fingerprint density at radius 2 is 1.22 bits per heavy atom. The fraction of sp³-hybridized carbons (Fsp3) is 0.296. The smallest absolute Gasteiger partial charge is 0.394 e. The minimum atomic E-state index is -4.26. The molecule has 329 valence electrons. The van der Waals surface area contributed by atoms with Crippen LogP contribution < -0.4 is 0 Å². The van der Waals surface area contributed by atoms with E-state index in [9.17, 15) is 23.1 Å². The number of hydrogen-bond acceptors (Lipinski definition) is 5. The van der Waals surface area contributed by atoms with Gasteiger partial charge in [-0.3, -0.25) is 4.79 Å². The zero-order valence-corrected chi connectivity index (χ0v) is 40.8. The van der Waals surface area contributed by atoms with Crippen LogP contribution in [0.1, 0.15) is 78.4 Å². The number of rotatable bonds is 11. The van der Waals surface area contributed by atoms with Crippen molar-refractivity contribution in [3.63, 3.8) is 0 Å². The van der Waals surface area contributed by atoms with Gasteiger partial charge in [0.05, 0.1) is 11.2 Å². The van der Waals surface area contributed by atoms with Gasteiger partial charge in [0.2, 0.25) is 0 Å². The van der Waals surface area contributed by atoms with Crippen molar-refractivity contribution in [3.05, 3.63) is 138 Å². The molecule has 0 amide bonds. The van der Waals surface area contributed by atoms with Gasteiger partial charge in [0.1, 0.15) is 0 Å². The van der Waals surface area contributed by atoms with Crippen molar-refractivity contribution in [2.45, 2.75) is 86.7 Å². The van der Waals surface area contributed by atoms with Gasteiger partial charge < -0.3 is 10.1 Å². The van der Waals surface area contributed by atoms with E-state index in [1.54, 1.807) is 22.7 Å². The molecule has 0 bridgehead atoms. The number of allylic oxidation sites excluding steroid dienone is 2. The second-order valence-corrected chi connectivity index (χ2v) is 18.8. The number of aliphatic hydroxyl groups excluding tert-OH is 1. The van der Waals surface area contributed by atoms with Gasteiger partial charge in [-0.2, -0.15) is 13.2 Å². The van der Waals surface area contributed by atoms with Crippen molar-refractivity contribution >= 4 is 38.5 Å². The summed E-state index contributed by atoms with van der Waals surface area (Å²) in [5.41, 5.74) is 10.1.